The van der Waals surface area contributed by atoms with Crippen molar-refractivity contribution in [3.63, 3.8) is 0 Å². The van der Waals surface area contributed by atoms with E-state index in [1.165, 1.54) is 12.3 Å². The van der Waals surface area contributed by atoms with E-state index >= 15 is 0 Å². The van der Waals surface area contributed by atoms with Crippen molar-refractivity contribution in [1.82, 2.24) is 9.97 Å². The van der Waals surface area contributed by atoms with Crippen LogP contribution in [0.3, 0.4) is 0 Å². The SMILES string of the molecule is N#Cc1ncc(-c2ccccn2)cc1S(=O)(=O)C1CCCC1. The van der Waals surface area contributed by atoms with E-state index in [0.29, 0.717) is 24.1 Å². The number of nitrogens with zero attached hydrogens (tertiary/aromatic N) is 3. The van der Waals surface area contributed by atoms with E-state index in [4.69, 9.17) is 0 Å². The predicted molar refractivity (Wildman–Crippen MR) is 81.6 cm³/mol. The molecular weight excluding hydrogens is 298 g/mol. The number of hydrogen-bond acceptors (Lipinski definition) is 5. The minimum Gasteiger partial charge on any atom is -0.256 e. The number of aromatic nitrogens is 2. The summed E-state index contributed by atoms with van der Waals surface area (Å²) < 4.78 is 25.6. The second-order valence-electron chi connectivity index (χ2n) is 5.35. The number of rotatable bonds is 3. The molecule has 1 aliphatic rings. The van der Waals surface area contributed by atoms with E-state index in [2.05, 4.69) is 9.97 Å². The number of pyridine rings is 2. The molecule has 1 fully saturated rings. The molecule has 2 heterocycles. The quantitative estimate of drug-likeness (QED) is 0.870. The van der Waals surface area contributed by atoms with Gasteiger partial charge in [-0.3, -0.25) is 4.98 Å². The molecule has 112 valence electrons. The molecule has 3 rings (SSSR count). The summed E-state index contributed by atoms with van der Waals surface area (Å²) in [5.74, 6) is 0. The molecule has 0 amide bonds. The first-order valence-electron chi connectivity index (χ1n) is 7.18. The van der Waals surface area contributed by atoms with Crippen molar-refractivity contribution in [2.45, 2.75) is 35.8 Å². The third-order valence-corrected chi connectivity index (χ3v) is 6.24. The summed E-state index contributed by atoms with van der Waals surface area (Å²) in [4.78, 5) is 8.27. The predicted octanol–water partition coefficient (Wildman–Crippen LogP) is 2.73. The normalized spacial score (nSPS) is 15.6. The minimum atomic E-state index is -3.52. The average Bonchev–Trinajstić information content (AvgIpc) is 3.10. The molecule has 1 saturated carbocycles. The molecular formula is C16H15N3O2S. The fraction of sp³-hybridized carbons (Fsp3) is 0.312. The van der Waals surface area contributed by atoms with Crippen LogP contribution < -0.4 is 0 Å². The molecule has 2 aromatic rings. The lowest BCUT2D eigenvalue weighted by Crippen LogP contribution is -2.19. The molecule has 0 bridgehead atoms. The van der Waals surface area contributed by atoms with Gasteiger partial charge in [0.15, 0.2) is 15.5 Å². The summed E-state index contributed by atoms with van der Waals surface area (Å²) in [6, 6.07) is 8.82. The zero-order valence-corrected chi connectivity index (χ0v) is 12.8. The molecule has 5 nitrogen and oxygen atoms in total. The van der Waals surface area contributed by atoms with E-state index < -0.39 is 15.1 Å². The van der Waals surface area contributed by atoms with Crippen molar-refractivity contribution in [2.75, 3.05) is 0 Å². The van der Waals surface area contributed by atoms with E-state index in [-0.39, 0.29) is 10.6 Å². The zero-order valence-electron chi connectivity index (χ0n) is 11.9. The third-order valence-electron chi connectivity index (χ3n) is 3.97. The molecule has 0 N–H and O–H groups in total. The highest BCUT2D eigenvalue weighted by Crippen LogP contribution is 2.32. The Bertz CT molecular complexity index is 820. The van der Waals surface area contributed by atoms with E-state index in [1.54, 1.807) is 18.3 Å². The van der Waals surface area contributed by atoms with Gasteiger partial charge in [0.05, 0.1) is 10.9 Å². The van der Waals surface area contributed by atoms with Crippen molar-refractivity contribution < 1.29 is 8.42 Å². The summed E-state index contributed by atoms with van der Waals surface area (Å²) in [5.41, 5.74) is 1.21. The second kappa shape index (κ2) is 5.85. The van der Waals surface area contributed by atoms with Gasteiger partial charge in [0, 0.05) is 18.0 Å². The van der Waals surface area contributed by atoms with Crippen molar-refractivity contribution in [1.29, 1.82) is 5.26 Å². The van der Waals surface area contributed by atoms with Crippen LogP contribution in [0.1, 0.15) is 31.4 Å². The maximum absolute atomic E-state index is 12.8. The molecule has 6 heteroatoms. The number of sulfone groups is 1. The second-order valence-corrected chi connectivity index (χ2v) is 7.55. The Morgan fingerprint density at radius 3 is 2.59 bits per heavy atom. The van der Waals surface area contributed by atoms with Crippen LogP contribution in [0.4, 0.5) is 0 Å². The van der Waals surface area contributed by atoms with Gasteiger partial charge < -0.3 is 0 Å². The van der Waals surface area contributed by atoms with Gasteiger partial charge in [0.25, 0.3) is 0 Å². The van der Waals surface area contributed by atoms with Gasteiger partial charge >= 0.3 is 0 Å². The van der Waals surface area contributed by atoms with Crippen molar-refractivity contribution >= 4 is 9.84 Å². The molecule has 0 aliphatic heterocycles. The molecule has 22 heavy (non-hydrogen) atoms. The smallest absolute Gasteiger partial charge is 0.184 e. The lowest BCUT2D eigenvalue weighted by atomic mass is 10.2. The highest BCUT2D eigenvalue weighted by molar-refractivity contribution is 7.92. The summed E-state index contributed by atoms with van der Waals surface area (Å²) in [6.07, 6.45) is 6.27. The van der Waals surface area contributed by atoms with Crippen LogP contribution in [0.15, 0.2) is 41.6 Å². The van der Waals surface area contributed by atoms with Gasteiger partial charge in [-0.1, -0.05) is 18.9 Å². The average molecular weight is 313 g/mol. The van der Waals surface area contributed by atoms with Gasteiger partial charge in [-0.25, -0.2) is 13.4 Å². The van der Waals surface area contributed by atoms with Crippen LogP contribution in [0, 0.1) is 11.3 Å². The Hall–Kier alpha value is -2.26. The Labute approximate surface area is 129 Å². The van der Waals surface area contributed by atoms with Gasteiger partial charge in [-0.2, -0.15) is 5.26 Å². The number of nitriles is 1. The molecule has 0 radical (unpaired) electrons. The molecule has 1 aliphatic carbocycles. The summed E-state index contributed by atoms with van der Waals surface area (Å²) in [7, 11) is -3.52. The van der Waals surface area contributed by atoms with Crippen LogP contribution in [0.2, 0.25) is 0 Å². The lowest BCUT2D eigenvalue weighted by molar-refractivity contribution is 0.579. The highest BCUT2D eigenvalue weighted by Gasteiger charge is 2.32. The van der Waals surface area contributed by atoms with Gasteiger partial charge in [-0.15, -0.1) is 0 Å². The Morgan fingerprint density at radius 2 is 1.95 bits per heavy atom. The maximum atomic E-state index is 12.8. The largest absolute Gasteiger partial charge is 0.256 e. The van der Waals surface area contributed by atoms with Crippen LogP contribution in [0.5, 0.6) is 0 Å². The highest BCUT2D eigenvalue weighted by atomic mass is 32.2. The van der Waals surface area contributed by atoms with E-state index in [9.17, 15) is 13.7 Å². The molecule has 0 aromatic carbocycles. The first kappa shape index (κ1) is 14.7. The van der Waals surface area contributed by atoms with Crippen molar-refractivity contribution in [2.24, 2.45) is 0 Å². The van der Waals surface area contributed by atoms with Crippen LogP contribution >= 0.6 is 0 Å². The monoisotopic (exact) mass is 313 g/mol. The molecule has 0 atom stereocenters. The number of hydrogen-bond donors (Lipinski definition) is 0. The van der Waals surface area contributed by atoms with Gasteiger partial charge in [0.1, 0.15) is 11.0 Å². The summed E-state index contributed by atoms with van der Waals surface area (Å²) in [6.45, 7) is 0. The lowest BCUT2D eigenvalue weighted by Gasteiger charge is -2.13. The minimum absolute atomic E-state index is 0.0325. The molecule has 0 unspecified atom stereocenters. The third kappa shape index (κ3) is 2.60. The Balaban J connectivity index is 2.12. The fourth-order valence-corrected chi connectivity index (χ4v) is 4.77. The first-order chi connectivity index (χ1) is 10.6. The first-order valence-corrected chi connectivity index (χ1v) is 8.73. The van der Waals surface area contributed by atoms with Crippen molar-refractivity contribution in [3.05, 3.63) is 42.4 Å². The van der Waals surface area contributed by atoms with E-state index in [0.717, 1.165) is 12.8 Å². The van der Waals surface area contributed by atoms with Crippen LogP contribution in [-0.2, 0) is 9.84 Å². The summed E-state index contributed by atoms with van der Waals surface area (Å²) >= 11 is 0. The molecule has 0 saturated heterocycles. The van der Waals surface area contributed by atoms with E-state index in [1.807, 2.05) is 12.1 Å². The topological polar surface area (TPSA) is 83.7 Å². The standard InChI is InChI=1S/C16H15N3O2S/c17-10-15-16(22(20,21)13-5-1-2-6-13)9-12(11-19-15)14-7-3-4-8-18-14/h3-4,7-9,11,13H,1-2,5-6H2. The van der Waals surface area contributed by atoms with Gasteiger partial charge in [0.2, 0.25) is 0 Å². The van der Waals surface area contributed by atoms with Gasteiger partial charge in [-0.05, 0) is 31.0 Å². The van der Waals surface area contributed by atoms with Crippen LogP contribution in [-0.4, -0.2) is 23.6 Å². The summed E-state index contributed by atoms with van der Waals surface area (Å²) in [5, 5.41) is 8.79. The zero-order chi connectivity index (χ0) is 15.6. The molecule has 0 spiro atoms. The van der Waals surface area contributed by atoms with Crippen molar-refractivity contribution in [3.8, 4) is 17.3 Å². The maximum Gasteiger partial charge on any atom is 0.184 e. The molecule has 2 aromatic heterocycles. The fourth-order valence-electron chi connectivity index (χ4n) is 2.80. The van der Waals surface area contributed by atoms with Crippen LogP contribution in [0.25, 0.3) is 11.3 Å². The Kier molecular flexibility index (Phi) is 3.90. The Morgan fingerprint density at radius 1 is 1.18 bits per heavy atom.